The first kappa shape index (κ1) is 22.1. The smallest absolute Gasteiger partial charge is 0.206 e. The summed E-state index contributed by atoms with van der Waals surface area (Å²) < 4.78 is 64.0. The molecule has 0 aliphatic carbocycles. The van der Waals surface area contributed by atoms with Gasteiger partial charge >= 0.3 is 0 Å². The number of hydrogen-bond donors (Lipinski definition) is 2. The van der Waals surface area contributed by atoms with Crippen LogP contribution >= 0.6 is 0 Å². The van der Waals surface area contributed by atoms with E-state index in [0.29, 0.717) is 11.5 Å². The molecule has 0 heterocycles. The van der Waals surface area contributed by atoms with E-state index in [-0.39, 0.29) is 32.7 Å². The minimum absolute atomic E-state index is 0.000777. The molecule has 0 aromatic heterocycles. The molecular weight excluding hydrogens is 450 g/mol. The number of hydrogen-bond acceptors (Lipinski definition) is 6. The van der Waals surface area contributed by atoms with Crippen molar-refractivity contribution in [3.8, 4) is 23.0 Å². The second-order valence-corrected chi connectivity index (χ2v) is 8.97. The summed E-state index contributed by atoms with van der Waals surface area (Å²) in [5, 5.41) is 0. The standard InChI is InChI=1S/C24H18F2N2O4S/c25-21-13-17(5-11-23(21)27)31-15-1-7-19(8-2-15)33(29,30)20-9-3-16(4-10-20)32-18-6-12-24(28)22(26)14-18/h1-14H,27-28H2. The number of rotatable bonds is 6. The van der Waals surface area contributed by atoms with Crippen LogP contribution in [0.5, 0.6) is 23.0 Å². The lowest BCUT2D eigenvalue weighted by atomic mass is 10.3. The predicted octanol–water partition coefficient (Wildman–Crippen LogP) is 5.55. The zero-order valence-electron chi connectivity index (χ0n) is 17.0. The molecule has 0 bridgehead atoms. The van der Waals surface area contributed by atoms with Crippen LogP contribution in [0.1, 0.15) is 0 Å². The summed E-state index contributed by atoms with van der Waals surface area (Å²) in [6.07, 6.45) is 0. The highest BCUT2D eigenvalue weighted by Gasteiger charge is 2.18. The minimum atomic E-state index is -3.81. The van der Waals surface area contributed by atoms with Gasteiger partial charge in [-0.05, 0) is 72.8 Å². The summed E-state index contributed by atoms with van der Waals surface area (Å²) in [5.41, 5.74) is 10.9. The van der Waals surface area contributed by atoms with Crippen molar-refractivity contribution in [3.63, 3.8) is 0 Å². The van der Waals surface area contributed by atoms with E-state index >= 15 is 0 Å². The lowest BCUT2D eigenvalue weighted by Crippen LogP contribution is -2.02. The molecule has 168 valence electrons. The maximum Gasteiger partial charge on any atom is 0.206 e. The minimum Gasteiger partial charge on any atom is -0.457 e. The van der Waals surface area contributed by atoms with Gasteiger partial charge in [0.25, 0.3) is 0 Å². The van der Waals surface area contributed by atoms with Crippen LogP contribution in [0.4, 0.5) is 20.2 Å². The fraction of sp³-hybridized carbons (Fsp3) is 0. The Bertz CT molecular complexity index is 1300. The van der Waals surface area contributed by atoms with Gasteiger partial charge in [-0.25, -0.2) is 17.2 Å². The molecule has 0 aliphatic rings. The highest BCUT2D eigenvalue weighted by molar-refractivity contribution is 7.91. The van der Waals surface area contributed by atoms with Crippen LogP contribution in [0.15, 0.2) is 94.7 Å². The van der Waals surface area contributed by atoms with Crippen LogP contribution in [0, 0.1) is 11.6 Å². The first-order valence-corrected chi connectivity index (χ1v) is 11.1. The van der Waals surface area contributed by atoms with Gasteiger partial charge in [0.05, 0.1) is 21.2 Å². The Labute approximate surface area is 188 Å². The van der Waals surface area contributed by atoms with E-state index in [1.54, 1.807) is 0 Å². The fourth-order valence-corrected chi connectivity index (χ4v) is 4.19. The Morgan fingerprint density at radius 2 is 0.879 bits per heavy atom. The van der Waals surface area contributed by atoms with Crippen molar-refractivity contribution in [2.24, 2.45) is 0 Å². The second kappa shape index (κ2) is 8.79. The molecule has 9 heteroatoms. The molecule has 4 aromatic carbocycles. The van der Waals surface area contributed by atoms with Crippen molar-refractivity contribution in [2.45, 2.75) is 9.79 Å². The average Bonchev–Trinajstić information content (AvgIpc) is 2.80. The van der Waals surface area contributed by atoms with Gasteiger partial charge in [0.1, 0.15) is 34.6 Å². The highest BCUT2D eigenvalue weighted by atomic mass is 32.2. The first-order valence-electron chi connectivity index (χ1n) is 9.63. The average molecular weight is 468 g/mol. The number of benzene rings is 4. The van der Waals surface area contributed by atoms with Crippen LogP contribution in [0.3, 0.4) is 0 Å². The maximum absolute atomic E-state index is 13.6. The van der Waals surface area contributed by atoms with Crippen molar-refractivity contribution < 1.29 is 26.7 Å². The summed E-state index contributed by atoms with van der Waals surface area (Å²) in [7, 11) is -3.81. The molecule has 4 N–H and O–H groups in total. The molecule has 0 radical (unpaired) electrons. The molecule has 0 atom stereocenters. The summed E-state index contributed by atoms with van der Waals surface area (Å²) >= 11 is 0. The molecule has 0 saturated heterocycles. The predicted molar refractivity (Wildman–Crippen MR) is 120 cm³/mol. The van der Waals surface area contributed by atoms with Gasteiger partial charge in [-0.15, -0.1) is 0 Å². The normalized spacial score (nSPS) is 11.2. The van der Waals surface area contributed by atoms with Crippen LogP contribution in [-0.2, 0) is 9.84 Å². The second-order valence-electron chi connectivity index (χ2n) is 7.02. The Kier molecular flexibility index (Phi) is 5.89. The lowest BCUT2D eigenvalue weighted by Gasteiger charge is -2.10. The quantitative estimate of drug-likeness (QED) is 0.360. The van der Waals surface area contributed by atoms with E-state index in [9.17, 15) is 17.2 Å². The molecular formula is C24H18F2N2O4S. The Balaban J connectivity index is 1.49. The molecule has 6 nitrogen and oxygen atoms in total. The van der Waals surface area contributed by atoms with Crippen molar-refractivity contribution in [1.29, 1.82) is 0 Å². The number of ether oxygens (including phenoxy) is 2. The maximum atomic E-state index is 13.6. The van der Waals surface area contributed by atoms with E-state index in [2.05, 4.69) is 0 Å². The van der Waals surface area contributed by atoms with E-state index in [0.717, 1.165) is 12.1 Å². The Morgan fingerprint density at radius 1 is 0.545 bits per heavy atom. The zero-order chi connectivity index (χ0) is 23.6. The van der Waals surface area contributed by atoms with E-state index < -0.39 is 21.5 Å². The van der Waals surface area contributed by atoms with E-state index in [1.165, 1.54) is 72.8 Å². The molecule has 0 amide bonds. The van der Waals surface area contributed by atoms with Crippen LogP contribution < -0.4 is 20.9 Å². The van der Waals surface area contributed by atoms with Crippen molar-refractivity contribution in [2.75, 3.05) is 11.5 Å². The third kappa shape index (κ3) is 4.88. The summed E-state index contributed by atoms with van der Waals surface area (Å²) in [4.78, 5) is 0.0974. The first-order chi connectivity index (χ1) is 15.7. The molecule has 33 heavy (non-hydrogen) atoms. The number of anilines is 2. The van der Waals surface area contributed by atoms with Gasteiger partial charge in [0.15, 0.2) is 0 Å². The van der Waals surface area contributed by atoms with Gasteiger partial charge in [-0.2, -0.15) is 0 Å². The summed E-state index contributed by atoms with van der Waals surface area (Å²) in [5.74, 6) is -0.0979. The lowest BCUT2D eigenvalue weighted by molar-refractivity contribution is 0.476. The van der Waals surface area contributed by atoms with Gasteiger partial charge in [0, 0.05) is 12.1 Å². The molecule has 4 aromatic rings. The third-order valence-corrected chi connectivity index (χ3v) is 6.47. The Morgan fingerprint density at radius 3 is 1.21 bits per heavy atom. The number of halogens is 2. The summed E-state index contributed by atoms with van der Waals surface area (Å²) in [6.45, 7) is 0. The monoisotopic (exact) mass is 468 g/mol. The number of sulfone groups is 1. The molecule has 0 spiro atoms. The molecule has 0 saturated carbocycles. The molecule has 0 aliphatic heterocycles. The zero-order valence-corrected chi connectivity index (χ0v) is 17.9. The molecule has 4 rings (SSSR count). The van der Waals surface area contributed by atoms with Crippen molar-refractivity contribution in [1.82, 2.24) is 0 Å². The van der Waals surface area contributed by atoms with E-state index in [4.69, 9.17) is 20.9 Å². The van der Waals surface area contributed by atoms with Crippen LogP contribution in [0.25, 0.3) is 0 Å². The van der Waals surface area contributed by atoms with Gasteiger partial charge < -0.3 is 20.9 Å². The van der Waals surface area contributed by atoms with Crippen molar-refractivity contribution >= 4 is 21.2 Å². The molecule has 0 fully saturated rings. The van der Waals surface area contributed by atoms with Crippen LogP contribution in [-0.4, -0.2) is 8.42 Å². The van der Waals surface area contributed by atoms with Crippen LogP contribution in [0.2, 0.25) is 0 Å². The molecule has 0 unspecified atom stereocenters. The number of nitrogens with two attached hydrogens (primary N) is 2. The number of nitrogen functional groups attached to an aromatic ring is 2. The fourth-order valence-electron chi connectivity index (χ4n) is 2.92. The van der Waals surface area contributed by atoms with Gasteiger partial charge in [0.2, 0.25) is 9.84 Å². The Hall–Kier alpha value is -4.11. The van der Waals surface area contributed by atoms with E-state index in [1.807, 2.05) is 0 Å². The third-order valence-electron chi connectivity index (χ3n) is 4.68. The summed E-state index contributed by atoms with van der Waals surface area (Å²) in [6, 6.07) is 19.5. The van der Waals surface area contributed by atoms with Crippen molar-refractivity contribution in [3.05, 3.63) is 96.6 Å². The highest BCUT2D eigenvalue weighted by Crippen LogP contribution is 2.29. The van der Waals surface area contributed by atoms with Gasteiger partial charge in [-0.1, -0.05) is 0 Å². The topological polar surface area (TPSA) is 105 Å². The van der Waals surface area contributed by atoms with Gasteiger partial charge in [-0.3, -0.25) is 0 Å². The SMILES string of the molecule is Nc1ccc(Oc2ccc(S(=O)(=O)c3ccc(Oc4ccc(N)c(F)c4)cc3)cc2)cc1F. The largest absolute Gasteiger partial charge is 0.457 e.